The first-order chi connectivity index (χ1) is 9.33. The zero-order valence-corrected chi connectivity index (χ0v) is 12.1. The number of aromatic nitrogens is 2. The van der Waals surface area contributed by atoms with Gasteiger partial charge in [0.1, 0.15) is 0 Å². The lowest BCUT2D eigenvalue weighted by Gasteiger charge is -2.00. The van der Waals surface area contributed by atoms with Gasteiger partial charge in [-0.3, -0.25) is 0 Å². The summed E-state index contributed by atoms with van der Waals surface area (Å²) in [5.74, 6) is 0.366. The van der Waals surface area contributed by atoms with Crippen LogP contribution < -0.4 is 5.73 Å². The number of hydrogen-bond donors (Lipinski definition) is 1. The Kier molecular flexibility index (Phi) is 3.89. The van der Waals surface area contributed by atoms with E-state index in [0.29, 0.717) is 5.95 Å². The molecule has 0 aliphatic heterocycles. The van der Waals surface area contributed by atoms with Crippen LogP contribution in [0.25, 0.3) is 0 Å². The van der Waals surface area contributed by atoms with Gasteiger partial charge in [-0.15, -0.1) is 0 Å². The van der Waals surface area contributed by atoms with Crippen LogP contribution in [0.5, 0.6) is 0 Å². The number of aryl methyl sites for hydroxylation is 1. The monoisotopic (exact) mass is 292 g/mol. The van der Waals surface area contributed by atoms with Crippen LogP contribution in [0.3, 0.4) is 0 Å². The Labute approximate surface area is 117 Å². The van der Waals surface area contributed by atoms with Crippen LogP contribution in [0.4, 0.5) is 5.95 Å². The maximum atomic E-state index is 11.2. The van der Waals surface area contributed by atoms with Gasteiger partial charge in [0.15, 0.2) is 9.84 Å². The first-order valence-electron chi connectivity index (χ1n) is 5.96. The third-order valence-corrected chi connectivity index (χ3v) is 3.43. The Bertz CT molecular complexity index is 730. The molecule has 20 heavy (non-hydrogen) atoms. The zero-order valence-electron chi connectivity index (χ0n) is 11.3. The van der Waals surface area contributed by atoms with Gasteiger partial charge in [-0.25, -0.2) is 18.1 Å². The molecule has 0 bridgehead atoms. The van der Waals surface area contributed by atoms with E-state index in [0.717, 1.165) is 16.8 Å². The molecule has 0 aliphatic rings. The molecule has 0 aliphatic carbocycles. The fourth-order valence-electron chi connectivity index (χ4n) is 1.73. The molecule has 1 heterocycles. The van der Waals surface area contributed by atoms with E-state index in [9.17, 15) is 8.42 Å². The SMILES string of the molecule is Cc1cn(N=Cc2ccc(CS(C)(=O)=O)cc2)c(N)n1. The van der Waals surface area contributed by atoms with E-state index < -0.39 is 9.84 Å². The van der Waals surface area contributed by atoms with Crippen LogP contribution in [0.2, 0.25) is 0 Å². The summed E-state index contributed by atoms with van der Waals surface area (Å²) in [6.45, 7) is 1.84. The van der Waals surface area contributed by atoms with Crippen molar-refractivity contribution in [2.45, 2.75) is 12.7 Å². The van der Waals surface area contributed by atoms with Gasteiger partial charge in [-0.1, -0.05) is 24.3 Å². The quantitative estimate of drug-likeness (QED) is 0.857. The van der Waals surface area contributed by atoms with Crippen molar-refractivity contribution in [3.63, 3.8) is 0 Å². The fourth-order valence-corrected chi connectivity index (χ4v) is 2.53. The largest absolute Gasteiger partial charge is 0.368 e. The van der Waals surface area contributed by atoms with Gasteiger partial charge in [0, 0.05) is 6.26 Å². The van der Waals surface area contributed by atoms with Crippen LogP contribution in [-0.4, -0.2) is 30.5 Å². The number of nitrogen functional groups attached to an aromatic ring is 1. The van der Waals surface area contributed by atoms with Crippen molar-refractivity contribution >= 4 is 22.0 Å². The normalized spacial score (nSPS) is 12.1. The molecule has 0 radical (unpaired) electrons. The Morgan fingerprint density at radius 2 is 2.00 bits per heavy atom. The highest BCUT2D eigenvalue weighted by Crippen LogP contribution is 2.07. The van der Waals surface area contributed by atoms with Gasteiger partial charge < -0.3 is 5.73 Å². The molecule has 0 amide bonds. The molecule has 0 saturated heterocycles. The molecule has 0 spiro atoms. The number of sulfone groups is 1. The second kappa shape index (κ2) is 5.46. The molecule has 2 aromatic rings. The van der Waals surface area contributed by atoms with Crippen molar-refractivity contribution in [2.24, 2.45) is 5.10 Å². The minimum atomic E-state index is -3.01. The standard InChI is InChI=1S/C13H16N4O2S/c1-10-8-17(13(14)16-10)15-7-11-3-5-12(6-4-11)9-20(2,18)19/h3-8H,9H2,1-2H3,(H2,14,16). The number of hydrogen-bond acceptors (Lipinski definition) is 5. The molecule has 0 fully saturated rings. The molecular weight excluding hydrogens is 276 g/mol. The smallest absolute Gasteiger partial charge is 0.221 e. The third kappa shape index (κ3) is 3.92. The maximum Gasteiger partial charge on any atom is 0.221 e. The fraction of sp³-hybridized carbons (Fsp3) is 0.231. The Balaban J connectivity index is 2.13. The molecule has 1 aromatic carbocycles. The average molecular weight is 292 g/mol. The number of nitrogens with two attached hydrogens (primary N) is 1. The van der Waals surface area contributed by atoms with Crippen LogP contribution >= 0.6 is 0 Å². The van der Waals surface area contributed by atoms with Crippen LogP contribution in [0.15, 0.2) is 35.6 Å². The molecule has 0 saturated carbocycles. The number of imidazole rings is 1. The molecular formula is C13H16N4O2S. The van der Waals surface area contributed by atoms with Gasteiger partial charge in [0.25, 0.3) is 0 Å². The van der Waals surface area contributed by atoms with E-state index in [1.165, 1.54) is 10.9 Å². The van der Waals surface area contributed by atoms with Gasteiger partial charge in [-0.05, 0) is 18.1 Å². The van der Waals surface area contributed by atoms with Crippen molar-refractivity contribution < 1.29 is 8.42 Å². The van der Waals surface area contributed by atoms with Crippen molar-refractivity contribution in [2.75, 3.05) is 12.0 Å². The van der Waals surface area contributed by atoms with E-state index in [-0.39, 0.29) is 5.75 Å². The van der Waals surface area contributed by atoms with Crippen molar-refractivity contribution in [1.29, 1.82) is 0 Å². The summed E-state index contributed by atoms with van der Waals surface area (Å²) in [7, 11) is -3.01. The van der Waals surface area contributed by atoms with Crippen LogP contribution in [-0.2, 0) is 15.6 Å². The van der Waals surface area contributed by atoms with Crippen molar-refractivity contribution in [1.82, 2.24) is 9.66 Å². The predicted octanol–water partition coefficient (Wildman–Crippen LogP) is 1.20. The minimum Gasteiger partial charge on any atom is -0.368 e. The van der Waals surface area contributed by atoms with Crippen molar-refractivity contribution in [3.8, 4) is 0 Å². The van der Waals surface area contributed by atoms with E-state index in [1.807, 2.05) is 19.1 Å². The summed E-state index contributed by atoms with van der Waals surface area (Å²) < 4.78 is 23.9. The second-order valence-electron chi connectivity index (χ2n) is 4.64. The molecule has 1 aromatic heterocycles. The number of nitrogens with zero attached hydrogens (tertiary/aromatic N) is 3. The summed E-state index contributed by atoms with van der Waals surface area (Å²) in [5.41, 5.74) is 8.07. The molecule has 0 atom stereocenters. The van der Waals surface area contributed by atoms with Gasteiger partial charge in [0.2, 0.25) is 5.95 Å². The highest BCUT2D eigenvalue weighted by molar-refractivity contribution is 7.89. The van der Waals surface area contributed by atoms with Gasteiger partial charge >= 0.3 is 0 Å². The Morgan fingerprint density at radius 3 is 2.50 bits per heavy atom. The second-order valence-corrected chi connectivity index (χ2v) is 6.78. The van der Waals surface area contributed by atoms with E-state index in [4.69, 9.17) is 5.73 Å². The van der Waals surface area contributed by atoms with E-state index in [1.54, 1.807) is 24.5 Å². The average Bonchev–Trinajstić information content (AvgIpc) is 2.65. The molecule has 7 heteroatoms. The lowest BCUT2D eigenvalue weighted by atomic mass is 10.2. The van der Waals surface area contributed by atoms with Crippen molar-refractivity contribution in [3.05, 3.63) is 47.3 Å². The third-order valence-electron chi connectivity index (χ3n) is 2.57. The highest BCUT2D eigenvalue weighted by Gasteiger charge is 2.03. The Morgan fingerprint density at radius 1 is 1.35 bits per heavy atom. The lowest BCUT2D eigenvalue weighted by molar-refractivity contribution is 0.601. The first-order valence-corrected chi connectivity index (χ1v) is 8.02. The van der Waals surface area contributed by atoms with Crippen LogP contribution in [0.1, 0.15) is 16.8 Å². The minimum absolute atomic E-state index is 0.0398. The van der Waals surface area contributed by atoms with Crippen LogP contribution in [0, 0.1) is 6.92 Å². The van der Waals surface area contributed by atoms with Gasteiger partial charge in [0.05, 0.1) is 23.9 Å². The molecule has 2 N–H and O–H groups in total. The molecule has 0 unspecified atom stereocenters. The van der Waals surface area contributed by atoms with E-state index in [2.05, 4.69) is 10.1 Å². The summed E-state index contributed by atoms with van der Waals surface area (Å²) >= 11 is 0. The lowest BCUT2D eigenvalue weighted by Crippen LogP contribution is -2.00. The number of anilines is 1. The number of rotatable bonds is 4. The zero-order chi connectivity index (χ0) is 14.8. The summed E-state index contributed by atoms with van der Waals surface area (Å²) in [4.78, 5) is 4.04. The summed E-state index contributed by atoms with van der Waals surface area (Å²) in [5, 5.41) is 4.19. The first kappa shape index (κ1) is 14.3. The predicted molar refractivity (Wildman–Crippen MR) is 79.4 cm³/mol. The Hall–Kier alpha value is -2.15. The van der Waals surface area contributed by atoms with Gasteiger partial charge in [-0.2, -0.15) is 5.10 Å². The summed E-state index contributed by atoms with van der Waals surface area (Å²) in [6, 6.07) is 7.16. The summed E-state index contributed by atoms with van der Waals surface area (Å²) in [6.07, 6.45) is 4.58. The highest BCUT2D eigenvalue weighted by atomic mass is 32.2. The topological polar surface area (TPSA) is 90.3 Å². The maximum absolute atomic E-state index is 11.2. The number of benzene rings is 1. The molecule has 106 valence electrons. The van der Waals surface area contributed by atoms with E-state index >= 15 is 0 Å². The molecule has 2 rings (SSSR count). The molecule has 6 nitrogen and oxygen atoms in total.